The van der Waals surface area contributed by atoms with Gasteiger partial charge in [-0.2, -0.15) is 5.26 Å². The summed E-state index contributed by atoms with van der Waals surface area (Å²) in [6.45, 7) is 0.144. The van der Waals surface area contributed by atoms with Gasteiger partial charge in [0, 0.05) is 5.39 Å². The fourth-order valence-electron chi connectivity index (χ4n) is 2.11. The van der Waals surface area contributed by atoms with Crippen molar-refractivity contribution >= 4 is 22.6 Å². The van der Waals surface area contributed by atoms with Gasteiger partial charge >= 0.3 is 0 Å². The summed E-state index contributed by atoms with van der Waals surface area (Å²) in [4.78, 5) is 23.4. The van der Waals surface area contributed by atoms with E-state index in [1.807, 2.05) is 6.07 Å². The highest BCUT2D eigenvalue weighted by atomic mass is 16.2. The topological polar surface area (TPSA) is 74.9 Å². The number of amides is 1. The number of nitriles is 1. The second kappa shape index (κ2) is 3.19. The van der Waals surface area contributed by atoms with Gasteiger partial charge in [0.25, 0.3) is 0 Å². The van der Waals surface area contributed by atoms with Crippen LogP contribution >= 0.6 is 0 Å². The molecule has 0 fully saturated rings. The van der Waals surface area contributed by atoms with Gasteiger partial charge in [-0.25, -0.2) is 0 Å². The number of nitrogens with zero attached hydrogens (tertiary/aromatic N) is 2. The molecule has 0 spiro atoms. The summed E-state index contributed by atoms with van der Waals surface area (Å²) < 4.78 is 1.66. The third-order valence-corrected chi connectivity index (χ3v) is 2.84. The van der Waals surface area contributed by atoms with Gasteiger partial charge in [-0.1, -0.05) is 12.1 Å². The van der Waals surface area contributed by atoms with Crippen LogP contribution in [0.25, 0.3) is 10.9 Å². The summed E-state index contributed by atoms with van der Waals surface area (Å²) in [5.74, 6) is 0.0958. The van der Waals surface area contributed by atoms with Crippen LogP contribution in [0.3, 0.4) is 0 Å². The molecule has 0 radical (unpaired) electrons. The Morgan fingerprint density at radius 2 is 2.06 bits per heavy atom. The van der Waals surface area contributed by atoms with E-state index in [9.17, 15) is 9.59 Å². The number of anilines is 1. The smallest absolute Gasteiger partial charge is 0.245 e. The molecule has 1 aliphatic heterocycles. The molecule has 0 saturated carbocycles. The first-order valence-electron chi connectivity index (χ1n) is 5.08. The summed E-state index contributed by atoms with van der Waals surface area (Å²) >= 11 is 0. The number of hydrogen-bond donors (Lipinski definition) is 1. The molecule has 5 nitrogen and oxygen atoms in total. The van der Waals surface area contributed by atoms with E-state index in [2.05, 4.69) is 5.32 Å². The number of aromatic nitrogens is 1. The standard InChI is InChI=1S/C12H7N3O2/c13-5-8-11(17)7-3-1-2-4-9(7)15-6-10(16)14-12(8)15/h1-4H,6H2,(H,14,16). The summed E-state index contributed by atoms with van der Waals surface area (Å²) in [5, 5.41) is 12.0. The molecule has 1 aliphatic rings. The molecule has 82 valence electrons. The first-order valence-corrected chi connectivity index (χ1v) is 5.08. The van der Waals surface area contributed by atoms with Crippen LogP contribution in [0.5, 0.6) is 0 Å². The van der Waals surface area contributed by atoms with E-state index in [0.29, 0.717) is 16.7 Å². The molecule has 1 aromatic heterocycles. The molecular weight excluding hydrogens is 218 g/mol. The zero-order chi connectivity index (χ0) is 12.0. The van der Waals surface area contributed by atoms with Crippen molar-refractivity contribution in [2.75, 3.05) is 5.32 Å². The van der Waals surface area contributed by atoms with Gasteiger partial charge in [-0.05, 0) is 12.1 Å². The quantitative estimate of drug-likeness (QED) is 0.721. The molecule has 5 heteroatoms. The van der Waals surface area contributed by atoms with E-state index in [1.54, 1.807) is 28.8 Å². The molecule has 3 rings (SSSR count). The number of para-hydroxylation sites is 1. The van der Waals surface area contributed by atoms with Crippen LogP contribution in [-0.4, -0.2) is 10.5 Å². The fraction of sp³-hybridized carbons (Fsp3) is 0.0833. The van der Waals surface area contributed by atoms with Gasteiger partial charge in [-0.15, -0.1) is 0 Å². The van der Waals surface area contributed by atoms with E-state index < -0.39 is 0 Å². The van der Waals surface area contributed by atoms with Crippen molar-refractivity contribution in [2.24, 2.45) is 0 Å². The molecule has 17 heavy (non-hydrogen) atoms. The van der Waals surface area contributed by atoms with E-state index in [1.165, 1.54) is 0 Å². The normalized spacial score (nSPS) is 13.2. The van der Waals surface area contributed by atoms with Gasteiger partial charge < -0.3 is 9.88 Å². The molecule has 1 aromatic carbocycles. The van der Waals surface area contributed by atoms with Crippen molar-refractivity contribution < 1.29 is 4.79 Å². The third-order valence-electron chi connectivity index (χ3n) is 2.84. The Morgan fingerprint density at radius 3 is 2.82 bits per heavy atom. The molecular formula is C12H7N3O2. The highest BCUT2D eigenvalue weighted by molar-refractivity contribution is 5.99. The maximum atomic E-state index is 12.0. The lowest BCUT2D eigenvalue weighted by molar-refractivity contribution is -0.115. The molecule has 1 amide bonds. The Labute approximate surface area is 95.9 Å². The predicted octanol–water partition coefficient (Wildman–Crippen LogP) is 0.825. The van der Waals surface area contributed by atoms with E-state index in [0.717, 1.165) is 0 Å². The summed E-state index contributed by atoms with van der Waals surface area (Å²) in [7, 11) is 0. The average molecular weight is 225 g/mol. The lowest BCUT2D eigenvalue weighted by Gasteiger charge is -2.08. The van der Waals surface area contributed by atoms with E-state index in [4.69, 9.17) is 5.26 Å². The average Bonchev–Trinajstić information content (AvgIpc) is 2.72. The van der Waals surface area contributed by atoms with Gasteiger partial charge in [0.15, 0.2) is 0 Å². The first kappa shape index (κ1) is 9.60. The predicted molar refractivity (Wildman–Crippen MR) is 61.6 cm³/mol. The molecule has 2 aromatic rings. The van der Waals surface area contributed by atoms with Crippen molar-refractivity contribution in [3.63, 3.8) is 0 Å². The first-order chi connectivity index (χ1) is 8.22. The number of rotatable bonds is 0. The Balaban J connectivity index is 2.57. The number of pyridine rings is 1. The van der Waals surface area contributed by atoms with Crippen molar-refractivity contribution in [3.8, 4) is 6.07 Å². The van der Waals surface area contributed by atoms with Crippen LogP contribution in [0.4, 0.5) is 5.82 Å². The van der Waals surface area contributed by atoms with Crippen LogP contribution in [0.2, 0.25) is 0 Å². The van der Waals surface area contributed by atoms with Gasteiger partial charge in [0.1, 0.15) is 24.0 Å². The van der Waals surface area contributed by atoms with Crippen LogP contribution < -0.4 is 10.7 Å². The zero-order valence-corrected chi connectivity index (χ0v) is 8.73. The minimum Gasteiger partial charge on any atom is -0.316 e. The number of hydrogen-bond acceptors (Lipinski definition) is 3. The SMILES string of the molecule is N#Cc1c2n(c3ccccc3c1=O)CC(=O)N2. The zero-order valence-electron chi connectivity index (χ0n) is 8.73. The summed E-state index contributed by atoms with van der Waals surface area (Å²) in [6.07, 6.45) is 0. The Hall–Kier alpha value is -2.61. The molecule has 0 unspecified atom stereocenters. The van der Waals surface area contributed by atoms with Crippen LogP contribution in [0.1, 0.15) is 5.56 Å². The Bertz CT molecular complexity index is 753. The highest BCUT2D eigenvalue weighted by Gasteiger charge is 2.24. The van der Waals surface area contributed by atoms with Crippen molar-refractivity contribution in [1.82, 2.24) is 4.57 Å². The molecule has 0 aliphatic carbocycles. The number of nitrogens with one attached hydrogen (secondary N) is 1. The second-order valence-corrected chi connectivity index (χ2v) is 3.82. The maximum absolute atomic E-state index is 12.0. The molecule has 0 bridgehead atoms. The van der Waals surface area contributed by atoms with E-state index in [-0.39, 0.29) is 23.4 Å². The lowest BCUT2D eigenvalue weighted by Crippen LogP contribution is -2.13. The molecule has 2 heterocycles. The van der Waals surface area contributed by atoms with Gasteiger partial charge in [0.05, 0.1) is 5.52 Å². The number of carbonyl (C=O) groups is 1. The van der Waals surface area contributed by atoms with Crippen LogP contribution in [0.15, 0.2) is 29.1 Å². The molecule has 0 saturated heterocycles. The number of fused-ring (bicyclic) bond motifs is 3. The van der Waals surface area contributed by atoms with Gasteiger partial charge in [-0.3, -0.25) is 9.59 Å². The monoisotopic (exact) mass is 225 g/mol. The second-order valence-electron chi connectivity index (χ2n) is 3.82. The van der Waals surface area contributed by atoms with E-state index >= 15 is 0 Å². The Morgan fingerprint density at radius 1 is 1.29 bits per heavy atom. The van der Waals surface area contributed by atoms with Crippen LogP contribution in [-0.2, 0) is 11.3 Å². The summed E-state index contributed by atoms with van der Waals surface area (Å²) in [5.41, 5.74) is 0.330. The third kappa shape index (κ3) is 1.18. The van der Waals surface area contributed by atoms with Crippen LogP contribution in [0, 0.1) is 11.3 Å². The summed E-state index contributed by atoms with van der Waals surface area (Å²) in [6, 6.07) is 8.82. The van der Waals surface area contributed by atoms with Crippen molar-refractivity contribution in [2.45, 2.75) is 6.54 Å². The van der Waals surface area contributed by atoms with Gasteiger partial charge in [0.2, 0.25) is 11.3 Å². The number of carbonyl (C=O) groups excluding carboxylic acids is 1. The maximum Gasteiger partial charge on any atom is 0.245 e. The lowest BCUT2D eigenvalue weighted by atomic mass is 10.1. The minimum absolute atomic E-state index is 0.00505. The minimum atomic E-state index is -0.337. The molecule has 1 N–H and O–H groups in total. The number of benzene rings is 1. The largest absolute Gasteiger partial charge is 0.316 e. The fourth-order valence-corrected chi connectivity index (χ4v) is 2.11. The van der Waals surface area contributed by atoms with Crippen molar-refractivity contribution in [3.05, 3.63) is 40.1 Å². The Kier molecular flexibility index (Phi) is 1.80. The highest BCUT2D eigenvalue weighted by Crippen LogP contribution is 2.23. The molecule has 0 atom stereocenters. The van der Waals surface area contributed by atoms with Crippen molar-refractivity contribution in [1.29, 1.82) is 5.26 Å².